The van der Waals surface area contributed by atoms with Crippen LogP contribution in [0.3, 0.4) is 0 Å². The first-order valence-corrected chi connectivity index (χ1v) is 11.3. The van der Waals surface area contributed by atoms with Gasteiger partial charge in [0.25, 0.3) is 5.91 Å². The number of hydrogen-bond donors (Lipinski definition) is 1. The fourth-order valence-corrected chi connectivity index (χ4v) is 4.31. The van der Waals surface area contributed by atoms with Crippen molar-refractivity contribution in [3.8, 4) is 5.82 Å². The van der Waals surface area contributed by atoms with E-state index in [0.717, 1.165) is 19.0 Å². The lowest BCUT2D eigenvalue weighted by molar-refractivity contribution is -0.114. The van der Waals surface area contributed by atoms with Crippen LogP contribution < -0.4 is 4.72 Å². The number of aromatic nitrogens is 4. The Kier molecular flexibility index (Phi) is 6.35. The lowest BCUT2D eigenvalue weighted by Crippen LogP contribution is -2.31. The molecule has 0 saturated heterocycles. The van der Waals surface area contributed by atoms with Crippen LogP contribution in [0.5, 0.6) is 0 Å². The van der Waals surface area contributed by atoms with Crippen LogP contribution in [0.1, 0.15) is 37.4 Å². The summed E-state index contributed by atoms with van der Waals surface area (Å²) in [5.41, 5.74) is 1.81. The molecule has 0 aliphatic carbocycles. The van der Waals surface area contributed by atoms with Gasteiger partial charge in [-0.15, -0.1) is 0 Å². The zero-order chi connectivity index (χ0) is 21.9. The summed E-state index contributed by atoms with van der Waals surface area (Å²) in [5.74, 6) is -0.622. The van der Waals surface area contributed by atoms with Gasteiger partial charge in [-0.2, -0.15) is 5.10 Å². The third-order valence-electron chi connectivity index (χ3n) is 4.63. The van der Waals surface area contributed by atoms with Crippen molar-refractivity contribution >= 4 is 33.0 Å². The highest BCUT2D eigenvalue weighted by Crippen LogP contribution is 2.24. The summed E-state index contributed by atoms with van der Waals surface area (Å²) in [4.78, 5) is 16.3. The van der Waals surface area contributed by atoms with E-state index in [9.17, 15) is 17.6 Å². The van der Waals surface area contributed by atoms with Gasteiger partial charge in [-0.05, 0) is 31.6 Å². The lowest BCUT2D eigenvalue weighted by atomic mass is 10.2. The third kappa shape index (κ3) is 4.76. The summed E-state index contributed by atoms with van der Waals surface area (Å²) >= 11 is 0. The predicted octanol–water partition coefficient (Wildman–Crippen LogP) is 2.86. The van der Waals surface area contributed by atoms with Crippen LogP contribution in [0.25, 0.3) is 22.9 Å². The van der Waals surface area contributed by atoms with Crippen molar-refractivity contribution in [3.63, 3.8) is 0 Å². The van der Waals surface area contributed by atoms with Crippen LogP contribution in [-0.2, 0) is 21.9 Å². The molecule has 0 aromatic carbocycles. The molecule has 160 valence electrons. The number of nitrogens with zero attached hydrogens (tertiary/aromatic N) is 4. The normalized spacial score (nSPS) is 12.1. The molecule has 3 aromatic rings. The second kappa shape index (κ2) is 8.78. The van der Waals surface area contributed by atoms with E-state index in [1.54, 1.807) is 35.5 Å². The van der Waals surface area contributed by atoms with Crippen molar-refractivity contribution in [2.24, 2.45) is 7.05 Å². The van der Waals surface area contributed by atoms with Crippen LogP contribution >= 0.6 is 0 Å². The number of hydrogen-bond acceptors (Lipinski definition) is 5. The zero-order valence-electron chi connectivity index (χ0n) is 17.1. The maximum absolute atomic E-state index is 13.5. The molecule has 3 aromatic heterocycles. The molecule has 0 atom stereocenters. The Hall–Kier alpha value is -3.01. The van der Waals surface area contributed by atoms with E-state index in [4.69, 9.17) is 0 Å². The van der Waals surface area contributed by atoms with Gasteiger partial charge in [-0.3, -0.25) is 14.0 Å². The number of nitrogens with one attached hydrogen (secondary N) is 1. The Balaban J connectivity index is 1.88. The van der Waals surface area contributed by atoms with Gasteiger partial charge in [-0.1, -0.05) is 19.8 Å². The van der Waals surface area contributed by atoms with Crippen LogP contribution in [-0.4, -0.2) is 39.4 Å². The van der Waals surface area contributed by atoms with Crippen molar-refractivity contribution in [2.45, 2.75) is 33.1 Å². The molecular weight excluding hydrogens is 409 g/mol. The van der Waals surface area contributed by atoms with Gasteiger partial charge in [-0.25, -0.2) is 22.5 Å². The SMILES string of the molecule is CCCCCS(=O)(=O)NC(=O)/C=C/c1c(C)nn(C)c1-n1ccc2cc(F)cnc21. The quantitative estimate of drug-likeness (QED) is 0.435. The average molecular weight is 434 g/mol. The first-order valence-electron chi connectivity index (χ1n) is 9.61. The molecule has 1 amide bonds. The second-order valence-electron chi connectivity index (χ2n) is 7.02. The molecule has 0 saturated carbocycles. The van der Waals surface area contributed by atoms with E-state index in [2.05, 4.69) is 14.8 Å². The molecule has 0 spiro atoms. The second-order valence-corrected chi connectivity index (χ2v) is 8.87. The number of aryl methyl sites for hydroxylation is 2. The maximum Gasteiger partial charge on any atom is 0.257 e. The van der Waals surface area contributed by atoms with Crippen molar-refractivity contribution in [2.75, 3.05) is 5.75 Å². The standard InChI is InChI=1S/C20H24FN5O3S/c1-4-5-6-11-30(28,29)24-18(27)8-7-17-14(2)23-25(3)20(17)26-10-9-15-12-16(21)13-22-19(15)26/h7-10,12-13H,4-6,11H2,1-3H3,(H,24,27)/b8-7+. The number of amides is 1. The zero-order valence-corrected chi connectivity index (χ0v) is 17.9. The molecule has 10 heteroatoms. The van der Waals surface area contributed by atoms with Crippen molar-refractivity contribution in [3.05, 3.63) is 47.7 Å². The molecular formula is C20H24FN5O3S. The number of pyridine rings is 1. The Morgan fingerprint density at radius 3 is 2.83 bits per heavy atom. The summed E-state index contributed by atoms with van der Waals surface area (Å²) in [5, 5.41) is 5.01. The average Bonchev–Trinajstić information content (AvgIpc) is 3.18. The predicted molar refractivity (Wildman–Crippen MR) is 113 cm³/mol. The molecule has 1 N–H and O–H groups in total. The Morgan fingerprint density at radius 1 is 1.33 bits per heavy atom. The molecule has 0 fully saturated rings. The lowest BCUT2D eigenvalue weighted by Gasteiger charge is -2.07. The fourth-order valence-electron chi connectivity index (χ4n) is 3.25. The Labute approximate surface area is 174 Å². The number of carbonyl (C=O) groups is 1. The first kappa shape index (κ1) is 21.7. The minimum Gasteiger partial charge on any atom is -0.285 e. The molecule has 3 rings (SSSR count). The Morgan fingerprint density at radius 2 is 2.10 bits per heavy atom. The summed E-state index contributed by atoms with van der Waals surface area (Å²) in [6.07, 6.45) is 7.74. The first-order chi connectivity index (χ1) is 14.2. The number of rotatable bonds is 8. The highest BCUT2D eigenvalue weighted by atomic mass is 32.2. The summed E-state index contributed by atoms with van der Waals surface area (Å²) in [6.45, 7) is 3.75. The van der Waals surface area contributed by atoms with E-state index >= 15 is 0 Å². The molecule has 0 unspecified atom stereocenters. The van der Waals surface area contributed by atoms with Gasteiger partial charge in [0, 0.05) is 30.3 Å². The highest BCUT2D eigenvalue weighted by molar-refractivity contribution is 7.90. The van der Waals surface area contributed by atoms with Gasteiger partial charge < -0.3 is 0 Å². The number of carbonyl (C=O) groups excluding carboxylic acids is 1. The van der Waals surface area contributed by atoms with Crippen molar-refractivity contribution < 1.29 is 17.6 Å². The van der Waals surface area contributed by atoms with Gasteiger partial charge in [0.15, 0.2) is 0 Å². The van der Waals surface area contributed by atoms with Crippen LogP contribution in [0.15, 0.2) is 30.6 Å². The number of fused-ring (bicyclic) bond motifs is 1. The minimum atomic E-state index is -3.67. The largest absolute Gasteiger partial charge is 0.285 e. The van der Waals surface area contributed by atoms with Gasteiger partial charge in [0.1, 0.15) is 17.3 Å². The van der Waals surface area contributed by atoms with E-state index in [-0.39, 0.29) is 5.75 Å². The monoisotopic (exact) mass is 433 g/mol. The van der Waals surface area contributed by atoms with Gasteiger partial charge in [0.2, 0.25) is 10.0 Å². The van der Waals surface area contributed by atoms with E-state index in [1.807, 2.05) is 6.92 Å². The number of unbranched alkanes of at least 4 members (excludes halogenated alkanes) is 2. The summed E-state index contributed by atoms with van der Waals surface area (Å²) in [7, 11) is -1.93. The fraction of sp³-hybridized carbons (Fsp3) is 0.350. The minimum absolute atomic E-state index is 0.0881. The number of sulfonamides is 1. The van der Waals surface area contributed by atoms with Gasteiger partial charge in [0.05, 0.1) is 17.6 Å². The molecule has 0 radical (unpaired) electrons. The summed E-state index contributed by atoms with van der Waals surface area (Å²) < 4.78 is 42.9. The molecule has 0 aliphatic heterocycles. The molecule has 3 heterocycles. The van der Waals surface area contributed by atoms with E-state index < -0.39 is 21.7 Å². The third-order valence-corrected chi connectivity index (χ3v) is 5.97. The molecule has 30 heavy (non-hydrogen) atoms. The Bertz CT molecular complexity index is 1210. The van der Waals surface area contributed by atoms with Crippen molar-refractivity contribution in [1.29, 1.82) is 0 Å². The summed E-state index contributed by atoms with van der Waals surface area (Å²) in [6, 6.07) is 3.12. The molecule has 0 aliphatic rings. The van der Waals surface area contributed by atoms with Gasteiger partial charge >= 0.3 is 0 Å². The van der Waals surface area contributed by atoms with Crippen LogP contribution in [0, 0.1) is 12.7 Å². The van der Waals surface area contributed by atoms with Crippen molar-refractivity contribution in [1.82, 2.24) is 24.1 Å². The van der Waals surface area contributed by atoms with Crippen LogP contribution in [0.4, 0.5) is 4.39 Å². The van der Waals surface area contributed by atoms with E-state index in [1.165, 1.54) is 18.2 Å². The maximum atomic E-state index is 13.5. The molecule has 8 nitrogen and oxygen atoms in total. The number of halogens is 1. The highest BCUT2D eigenvalue weighted by Gasteiger charge is 2.17. The molecule has 0 bridgehead atoms. The topological polar surface area (TPSA) is 98.9 Å². The smallest absolute Gasteiger partial charge is 0.257 e. The van der Waals surface area contributed by atoms with Crippen LogP contribution in [0.2, 0.25) is 0 Å². The van der Waals surface area contributed by atoms with E-state index in [0.29, 0.717) is 34.5 Å².